The zero-order valence-electron chi connectivity index (χ0n) is 21.0. The van der Waals surface area contributed by atoms with Crippen LogP contribution in [-0.2, 0) is 10.0 Å². The molecule has 0 atom stereocenters. The molecule has 0 amide bonds. The lowest BCUT2D eigenvalue weighted by molar-refractivity contribution is 0.324. The fraction of sp³-hybridized carbons (Fsp3) is 0.296. The number of nitrogen functional groups attached to an aromatic ring is 1. The first-order valence-corrected chi connectivity index (χ1v) is 13.9. The van der Waals surface area contributed by atoms with Gasteiger partial charge in [-0.25, -0.2) is 22.8 Å². The molecule has 0 radical (unpaired) electrons. The molecule has 0 aliphatic heterocycles. The Morgan fingerprint density at radius 3 is 2.61 bits per heavy atom. The van der Waals surface area contributed by atoms with Crippen molar-refractivity contribution in [3.63, 3.8) is 0 Å². The minimum atomic E-state index is -3.70. The predicted octanol–water partition coefficient (Wildman–Crippen LogP) is 5.61. The van der Waals surface area contributed by atoms with Crippen LogP contribution in [0.3, 0.4) is 0 Å². The topological polar surface area (TPSA) is 136 Å². The zero-order chi connectivity index (χ0) is 27.0. The minimum Gasteiger partial charge on any atom is -0.436 e. The van der Waals surface area contributed by atoms with Crippen molar-refractivity contribution >= 4 is 32.4 Å². The lowest BCUT2D eigenvalue weighted by atomic mass is 9.92. The number of halogens is 1. The predicted molar refractivity (Wildman–Crippen MR) is 144 cm³/mol. The summed E-state index contributed by atoms with van der Waals surface area (Å²) in [6, 6.07) is 12.1. The lowest BCUT2D eigenvalue weighted by Crippen LogP contribution is -2.20. The smallest absolute Gasteiger partial charge is 0.262 e. The molecule has 1 fully saturated rings. The molecule has 1 aliphatic rings. The summed E-state index contributed by atoms with van der Waals surface area (Å²) in [6.45, 7) is 3.56. The van der Waals surface area contributed by atoms with Crippen molar-refractivity contribution in [2.45, 2.75) is 39.2 Å². The summed E-state index contributed by atoms with van der Waals surface area (Å²) >= 11 is 0. The number of rotatable bonds is 8. The number of hydrogen-bond acceptors (Lipinski definition) is 7. The van der Waals surface area contributed by atoms with Crippen molar-refractivity contribution in [1.29, 1.82) is 5.26 Å². The van der Waals surface area contributed by atoms with E-state index in [1.165, 1.54) is 24.5 Å². The second-order valence-electron chi connectivity index (χ2n) is 9.79. The van der Waals surface area contributed by atoms with Gasteiger partial charge < -0.3 is 15.0 Å². The molecule has 1 saturated carbocycles. The van der Waals surface area contributed by atoms with E-state index in [-0.39, 0.29) is 35.1 Å². The zero-order valence-corrected chi connectivity index (χ0v) is 21.8. The van der Waals surface area contributed by atoms with Gasteiger partial charge in [-0.2, -0.15) is 5.26 Å². The summed E-state index contributed by atoms with van der Waals surface area (Å²) in [5.74, 6) is -0.142. The highest BCUT2D eigenvalue weighted by molar-refractivity contribution is 7.92. The van der Waals surface area contributed by atoms with Crippen molar-refractivity contribution in [1.82, 2.24) is 14.5 Å². The molecular formula is C27H27FN6O3S. The van der Waals surface area contributed by atoms with Crippen molar-refractivity contribution < 1.29 is 17.5 Å². The number of nitriles is 1. The van der Waals surface area contributed by atoms with E-state index >= 15 is 4.39 Å². The monoisotopic (exact) mass is 534 g/mol. The Balaban J connectivity index is 1.60. The van der Waals surface area contributed by atoms with Crippen molar-refractivity contribution in [3.8, 4) is 29.0 Å². The number of ether oxygens (including phenoxy) is 1. The van der Waals surface area contributed by atoms with Crippen LogP contribution in [0.4, 0.5) is 15.9 Å². The van der Waals surface area contributed by atoms with Gasteiger partial charge in [0.2, 0.25) is 10.0 Å². The average molecular weight is 535 g/mol. The summed E-state index contributed by atoms with van der Waals surface area (Å²) in [7, 11) is -3.70. The molecule has 2 aromatic carbocycles. The number of hydrogen-bond donors (Lipinski definition) is 2. The summed E-state index contributed by atoms with van der Waals surface area (Å²) in [5, 5.41) is 10.9. The Bertz CT molecular complexity index is 1670. The molecule has 38 heavy (non-hydrogen) atoms. The molecule has 1 aliphatic carbocycles. The van der Waals surface area contributed by atoms with Crippen molar-refractivity contribution in [2.24, 2.45) is 5.92 Å². The van der Waals surface area contributed by atoms with E-state index in [2.05, 4.69) is 25.3 Å². The van der Waals surface area contributed by atoms with E-state index in [1.807, 2.05) is 6.07 Å². The number of anilines is 2. The van der Waals surface area contributed by atoms with Crippen molar-refractivity contribution in [3.05, 3.63) is 60.2 Å². The van der Waals surface area contributed by atoms with Gasteiger partial charge in [0, 0.05) is 35.5 Å². The van der Waals surface area contributed by atoms with Gasteiger partial charge in [-0.3, -0.25) is 4.72 Å². The standard InChI is InChI=1S/C27H27FN6O3S/c1-16(2)15-38(35,36)33-23-9-6-17(12-22(23)28)25-21(14-29)20-8-7-19(37-27-26(30)31-10-11-32-27)13-24(20)34(25)18-4-3-5-18/h6-13,16,18,33H,3-5,15H2,1-2H3,(H2,30,31). The van der Waals surface area contributed by atoms with Crippen molar-refractivity contribution in [2.75, 3.05) is 16.2 Å². The van der Waals surface area contributed by atoms with Gasteiger partial charge in [0.05, 0.1) is 28.2 Å². The van der Waals surface area contributed by atoms with Crippen LogP contribution < -0.4 is 15.2 Å². The minimum absolute atomic E-state index is 0.106. The Morgan fingerprint density at radius 1 is 1.21 bits per heavy atom. The quantitative estimate of drug-likeness (QED) is 0.300. The first-order chi connectivity index (χ1) is 18.2. The second kappa shape index (κ2) is 9.95. The van der Waals surface area contributed by atoms with E-state index < -0.39 is 15.8 Å². The number of nitrogens with zero attached hydrogens (tertiary/aromatic N) is 4. The van der Waals surface area contributed by atoms with Gasteiger partial charge in [0.15, 0.2) is 5.82 Å². The van der Waals surface area contributed by atoms with Crippen LogP contribution in [-0.4, -0.2) is 28.7 Å². The van der Waals surface area contributed by atoms with E-state index in [0.717, 1.165) is 24.8 Å². The number of sulfonamides is 1. The van der Waals surface area contributed by atoms with Crippen LogP contribution in [0.1, 0.15) is 44.7 Å². The molecule has 5 rings (SSSR count). The Morgan fingerprint density at radius 2 is 1.97 bits per heavy atom. The van der Waals surface area contributed by atoms with Crippen LogP contribution in [0, 0.1) is 23.1 Å². The van der Waals surface area contributed by atoms with Gasteiger partial charge in [-0.15, -0.1) is 0 Å². The van der Waals surface area contributed by atoms with E-state index in [0.29, 0.717) is 28.0 Å². The molecule has 3 N–H and O–H groups in total. The highest BCUT2D eigenvalue weighted by atomic mass is 32.2. The molecule has 2 aromatic heterocycles. The second-order valence-corrected chi connectivity index (χ2v) is 11.6. The van der Waals surface area contributed by atoms with E-state index in [4.69, 9.17) is 10.5 Å². The van der Waals surface area contributed by atoms with Crippen LogP contribution in [0.15, 0.2) is 48.8 Å². The highest BCUT2D eigenvalue weighted by Gasteiger charge is 2.28. The molecule has 2 heterocycles. The van der Waals surface area contributed by atoms with Gasteiger partial charge in [0.25, 0.3) is 5.88 Å². The molecule has 0 bridgehead atoms. The maximum absolute atomic E-state index is 15.2. The summed E-state index contributed by atoms with van der Waals surface area (Å²) in [4.78, 5) is 8.12. The third-order valence-corrected chi connectivity index (χ3v) is 8.13. The van der Waals surface area contributed by atoms with Gasteiger partial charge >= 0.3 is 0 Å². The SMILES string of the molecule is CC(C)CS(=O)(=O)Nc1ccc(-c2c(C#N)c3ccc(Oc4nccnc4N)cc3n2C2CCC2)cc1F. The van der Waals surface area contributed by atoms with Gasteiger partial charge in [-0.1, -0.05) is 19.9 Å². The van der Waals surface area contributed by atoms with Gasteiger partial charge in [0.1, 0.15) is 17.6 Å². The van der Waals surface area contributed by atoms with E-state index in [9.17, 15) is 13.7 Å². The molecule has 0 unspecified atom stereocenters. The first-order valence-electron chi connectivity index (χ1n) is 12.3. The number of nitrogens with two attached hydrogens (primary N) is 1. The summed E-state index contributed by atoms with van der Waals surface area (Å²) in [6.07, 6.45) is 5.83. The number of benzene rings is 2. The number of fused-ring (bicyclic) bond motifs is 1. The highest BCUT2D eigenvalue weighted by Crippen LogP contribution is 2.44. The molecule has 4 aromatic rings. The summed E-state index contributed by atoms with van der Waals surface area (Å²) < 4.78 is 50.2. The van der Waals surface area contributed by atoms with Crippen LogP contribution in [0.25, 0.3) is 22.2 Å². The van der Waals surface area contributed by atoms with Crippen LogP contribution in [0.5, 0.6) is 11.6 Å². The lowest BCUT2D eigenvalue weighted by Gasteiger charge is -2.30. The largest absolute Gasteiger partial charge is 0.436 e. The fourth-order valence-corrected chi connectivity index (χ4v) is 6.16. The third kappa shape index (κ3) is 4.87. The molecular weight excluding hydrogens is 507 g/mol. The van der Waals surface area contributed by atoms with Crippen LogP contribution >= 0.6 is 0 Å². The number of aromatic nitrogens is 3. The Kier molecular flexibility index (Phi) is 6.67. The Hall–Kier alpha value is -4.17. The molecule has 0 saturated heterocycles. The maximum Gasteiger partial charge on any atom is 0.262 e. The third-order valence-electron chi connectivity index (χ3n) is 6.49. The molecule has 9 nitrogen and oxygen atoms in total. The summed E-state index contributed by atoms with van der Waals surface area (Å²) in [5.41, 5.74) is 7.99. The molecule has 11 heteroatoms. The molecule has 0 spiro atoms. The maximum atomic E-state index is 15.2. The van der Waals surface area contributed by atoms with Crippen LogP contribution in [0.2, 0.25) is 0 Å². The average Bonchev–Trinajstić information content (AvgIpc) is 3.13. The van der Waals surface area contributed by atoms with Gasteiger partial charge in [-0.05, 0) is 49.4 Å². The normalized spacial score (nSPS) is 13.9. The fourth-order valence-electron chi connectivity index (χ4n) is 4.69. The van der Waals surface area contributed by atoms with E-state index in [1.54, 1.807) is 32.0 Å². The number of nitrogens with one attached hydrogen (secondary N) is 1. The molecule has 196 valence electrons. The first kappa shape index (κ1) is 25.5. The Labute approximate surface area is 220 Å².